The highest BCUT2D eigenvalue weighted by atomic mass is 35.5. The molecule has 0 aliphatic carbocycles. The van der Waals surface area contributed by atoms with Gasteiger partial charge in [0.25, 0.3) is 0 Å². The number of nitrogens with zero attached hydrogens (tertiary/aromatic N) is 1. The fourth-order valence-electron chi connectivity index (χ4n) is 1.90. The zero-order valence-electron chi connectivity index (χ0n) is 9.77. The van der Waals surface area contributed by atoms with Gasteiger partial charge in [0.15, 0.2) is 5.58 Å². The minimum Gasteiger partial charge on any atom is -0.434 e. The van der Waals surface area contributed by atoms with Gasteiger partial charge in [0, 0.05) is 11.3 Å². The summed E-state index contributed by atoms with van der Waals surface area (Å²) in [6.45, 7) is 1.99. The zero-order valence-corrected chi connectivity index (χ0v) is 10.5. The standard InChI is InChI=1S/C14H11ClN2O/c1-8-5-6-9(16)7-10(8)14-17-12-4-2-3-11(15)13(12)18-14/h2-7H,16H2,1H3. The first-order chi connectivity index (χ1) is 8.65. The fraction of sp³-hybridized carbons (Fsp3) is 0.0714. The Morgan fingerprint density at radius 2 is 2.06 bits per heavy atom. The first-order valence-corrected chi connectivity index (χ1v) is 5.94. The van der Waals surface area contributed by atoms with Crippen molar-refractivity contribution in [2.45, 2.75) is 6.92 Å². The maximum atomic E-state index is 6.07. The van der Waals surface area contributed by atoms with E-state index in [1.165, 1.54) is 0 Å². The second-order valence-corrected chi connectivity index (χ2v) is 4.59. The third-order valence-corrected chi connectivity index (χ3v) is 3.16. The Kier molecular flexibility index (Phi) is 2.49. The van der Waals surface area contributed by atoms with Crippen LogP contribution >= 0.6 is 11.6 Å². The van der Waals surface area contributed by atoms with Crippen molar-refractivity contribution in [2.24, 2.45) is 0 Å². The van der Waals surface area contributed by atoms with E-state index in [9.17, 15) is 0 Å². The van der Waals surface area contributed by atoms with Crippen molar-refractivity contribution in [1.29, 1.82) is 0 Å². The van der Waals surface area contributed by atoms with E-state index in [0.29, 0.717) is 22.2 Å². The Bertz CT molecular complexity index is 734. The second-order valence-electron chi connectivity index (χ2n) is 4.18. The minimum atomic E-state index is 0.544. The van der Waals surface area contributed by atoms with Crippen LogP contribution in [0, 0.1) is 6.92 Å². The predicted molar refractivity (Wildman–Crippen MR) is 73.6 cm³/mol. The number of nitrogens with two attached hydrogens (primary N) is 1. The third kappa shape index (κ3) is 1.73. The number of fused-ring (bicyclic) bond motifs is 1. The highest BCUT2D eigenvalue weighted by molar-refractivity contribution is 6.34. The summed E-state index contributed by atoms with van der Waals surface area (Å²) in [5.74, 6) is 0.544. The summed E-state index contributed by atoms with van der Waals surface area (Å²) in [6.07, 6.45) is 0. The van der Waals surface area contributed by atoms with Gasteiger partial charge in [-0.15, -0.1) is 0 Å². The van der Waals surface area contributed by atoms with Crippen LogP contribution in [-0.2, 0) is 0 Å². The average molecular weight is 259 g/mol. The molecule has 2 aromatic carbocycles. The number of halogens is 1. The Labute approximate surface area is 109 Å². The van der Waals surface area contributed by atoms with E-state index in [1.54, 1.807) is 6.07 Å². The lowest BCUT2D eigenvalue weighted by Gasteiger charge is -2.02. The summed E-state index contributed by atoms with van der Waals surface area (Å²) in [6, 6.07) is 11.2. The van der Waals surface area contributed by atoms with Crippen LogP contribution in [0.3, 0.4) is 0 Å². The summed E-state index contributed by atoms with van der Waals surface area (Å²) in [7, 11) is 0. The van der Waals surface area contributed by atoms with E-state index in [0.717, 1.165) is 16.6 Å². The number of benzene rings is 2. The number of nitrogen functional groups attached to an aromatic ring is 1. The molecule has 0 radical (unpaired) electrons. The van der Waals surface area contributed by atoms with Crippen molar-refractivity contribution in [3.8, 4) is 11.5 Å². The number of oxazole rings is 1. The first-order valence-electron chi connectivity index (χ1n) is 5.57. The van der Waals surface area contributed by atoms with Gasteiger partial charge in [-0.1, -0.05) is 23.7 Å². The van der Waals surface area contributed by atoms with Crippen LogP contribution in [0.15, 0.2) is 40.8 Å². The molecule has 0 bridgehead atoms. The molecule has 4 heteroatoms. The molecule has 0 unspecified atom stereocenters. The van der Waals surface area contributed by atoms with Crippen molar-refractivity contribution in [1.82, 2.24) is 4.98 Å². The van der Waals surface area contributed by atoms with Crippen molar-refractivity contribution < 1.29 is 4.42 Å². The molecule has 0 saturated heterocycles. The Balaban J connectivity index is 2.26. The molecule has 0 spiro atoms. The maximum Gasteiger partial charge on any atom is 0.227 e. The van der Waals surface area contributed by atoms with Crippen molar-refractivity contribution in [2.75, 3.05) is 5.73 Å². The molecule has 0 aliphatic heterocycles. The molecule has 3 aromatic rings. The summed E-state index contributed by atoms with van der Waals surface area (Å²) >= 11 is 6.07. The highest BCUT2D eigenvalue weighted by Crippen LogP contribution is 2.31. The van der Waals surface area contributed by atoms with Gasteiger partial charge >= 0.3 is 0 Å². The predicted octanol–water partition coefficient (Wildman–Crippen LogP) is 4.04. The monoisotopic (exact) mass is 258 g/mol. The summed E-state index contributed by atoms with van der Waals surface area (Å²) in [5.41, 5.74) is 9.79. The van der Waals surface area contributed by atoms with Gasteiger partial charge in [-0.25, -0.2) is 4.98 Å². The Hall–Kier alpha value is -2.00. The van der Waals surface area contributed by atoms with E-state index < -0.39 is 0 Å². The summed E-state index contributed by atoms with van der Waals surface area (Å²) in [5, 5.41) is 0.563. The number of para-hydroxylation sites is 1. The van der Waals surface area contributed by atoms with Crippen LogP contribution in [0.5, 0.6) is 0 Å². The molecule has 3 rings (SSSR count). The molecule has 1 heterocycles. The molecule has 18 heavy (non-hydrogen) atoms. The Morgan fingerprint density at radius 3 is 2.83 bits per heavy atom. The van der Waals surface area contributed by atoms with E-state index in [-0.39, 0.29) is 0 Å². The van der Waals surface area contributed by atoms with Gasteiger partial charge in [0.2, 0.25) is 5.89 Å². The number of aryl methyl sites for hydroxylation is 1. The molecule has 0 atom stereocenters. The van der Waals surface area contributed by atoms with Gasteiger partial charge in [-0.3, -0.25) is 0 Å². The normalized spacial score (nSPS) is 11.0. The molecular weight excluding hydrogens is 248 g/mol. The van der Waals surface area contributed by atoms with Crippen LogP contribution in [0.25, 0.3) is 22.6 Å². The van der Waals surface area contributed by atoms with E-state index in [2.05, 4.69) is 4.98 Å². The van der Waals surface area contributed by atoms with Crippen LogP contribution in [0.4, 0.5) is 5.69 Å². The molecule has 90 valence electrons. The van der Waals surface area contributed by atoms with Crippen molar-refractivity contribution in [3.05, 3.63) is 47.0 Å². The summed E-state index contributed by atoms with van der Waals surface area (Å²) in [4.78, 5) is 4.44. The fourth-order valence-corrected chi connectivity index (χ4v) is 2.11. The summed E-state index contributed by atoms with van der Waals surface area (Å²) < 4.78 is 5.72. The number of rotatable bonds is 1. The van der Waals surface area contributed by atoms with Crippen LogP contribution in [0.2, 0.25) is 5.02 Å². The first kappa shape index (κ1) is 11.1. The number of hydrogen-bond donors (Lipinski definition) is 1. The van der Waals surface area contributed by atoms with Crippen LogP contribution in [-0.4, -0.2) is 4.98 Å². The minimum absolute atomic E-state index is 0.544. The molecular formula is C14H11ClN2O. The average Bonchev–Trinajstić information content (AvgIpc) is 2.77. The molecule has 3 nitrogen and oxygen atoms in total. The van der Waals surface area contributed by atoms with E-state index in [1.807, 2.05) is 37.3 Å². The molecule has 0 amide bonds. The highest BCUT2D eigenvalue weighted by Gasteiger charge is 2.12. The van der Waals surface area contributed by atoms with Crippen molar-refractivity contribution in [3.63, 3.8) is 0 Å². The lowest BCUT2D eigenvalue weighted by molar-refractivity contribution is 0.619. The third-order valence-electron chi connectivity index (χ3n) is 2.86. The Morgan fingerprint density at radius 1 is 1.22 bits per heavy atom. The quantitative estimate of drug-likeness (QED) is 0.670. The number of hydrogen-bond acceptors (Lipinski definition) is 3. The van der Waals surface area contributed by atoms with Gasteiger partial charge in [-0.05, 0) is 36.8 Å². The smallest absolute Gasteiger partial charge is 0.227 e. The van der Waals surface area contributed by atoms with Crippen molar-refractivity contribution >= 4 is 28.4 Å². The topological polar surface area (TPSA) is 52.0 Å². The van der Waals surface area contributed by atoms with E-state index >= 15 is 0 Å². The SMILES string of the molecule is Cc1ccc(N)cc1-c1nc2cccc(Cl)c2o1. The zero-order chi connectivity index (χ0) is 12.7. The maximum absolute atomic E-state index is 6.07. The lowest BCUT2D eigenvalue weighted by Crippen LogP contribution is -1.88. The van der Waals surface area contributed by atoms with E-state index in [4.69, 9.17) is 21.8 Å². The van der Waals surface area contributed by atoms with Gasteiger partial charge < -0.3 is 10.2 Å². The second kappa shape index (κ2) is 4.03. The molecule has 0 aliphatic rings. The molecule has 1 aromatic heterocycles. The van der Waals surface area contributed by atoms with Gasteiger partial charge in [0.1, 0.15) is 5.52 Å². The molecule has 0 fully saturated rings. The largest absolute Gasteiger partial charge is 0.434 e. The molecule has 2 N–H and O–H groups in total. The number of anilines is 1. The molecule has 0 saturated carbocycles. The van der Waals surface area contributed by atoms with Crippen LogP contribution < -0.4 is 5.73 Å². The van der Waals surface area contributed by atoms with Gasteiger partial charge in [-0.2, -0.15) is 0 Å². The lowest BCUT2D eigenvalue weighted by atomic mass is 10.1. The van der Waals surface area contributed by atoms with Gasteiger partial charge in [0.05, 0.1) is 5.02 Å². The number of aromatic nitrogens is 1. The van der Waals surface area contributed by atoms with Crippen LogP contribution in [0.1, 0.15) is 5.56 Å².